The van der Waals surface area contributed by atoms with Gasteiger partial charge in [0.25, 0.3) is 5.91 Å². The Labute approximate surface area is 154 Å². The van der Waals surface area contributed by atoms with Gasteiger partial charge in [-0.25, -0.2) is 8.42 Å². The molecule has 7 heteroatoms. The van der Waals surface area contributed by atoms with Crippen molar-refractivity contribution < 1.29 is 13.2 Å². The summed E-state index contributed by atoms with van der Waals surface area (Å²) < 4.78 is 26.2. The van der Waals surface area contributed by atoms with Gasteiger partial charge in [-0.3, -0.25) is 9.52 Å². The molecule has 2 rings (SSSR count). The molecule has 2 aromatic carbocycles. The van der Waals surface area contributed by atoms with Gasteiger partial charge in [-0.2, -0.15) is 5.26 Å². The van der Waals surface area contributed by atoms with Crippen LogP contribution in [0.4, 0.5) is 5.69 Å². The molecule has 26 heavy (non-hydrogen) atoms. The summed E-state index contributed by atoms with van der Waals surface area (Å²) in [6.45, 7) is 2.17. The lowest BCUT2D eigenvalue weighted by molar-refractivity contribution is 0.0785. The Kier molecular flexibility index (Phi) is 6.36. The standard InChI is InChI=1S/C19H21N3O3S/c1-3-11-26(24,25)21-18-6-4-5-17(12-18)19(23)22(2)14-16-9-7-15(13-20)8-10-16/h4-10,12,21H,3,11,14H2,1-2H3. The lowest BCUT2D eigenvalue weighted by Crippen LogP contribution is -2.26. The third-order valence-corrected chi connectivity index (χ3v) is 5.20. The van der Waals surface area contributed by atoms with Crippen molar-refractivity contribution in [3.8, 4) is 6.07 Å². The first-order valence-corrected chi connectivity index (χ1v) is 9.85. The fraction of sp³-hybridized carbons (Fsp3) is 0.263. The van der Waals surface area contributed by atoms with Crippen LogP contribution in [0.5, 0.6) is 0 Å². The van der Waals surface area contributed by atoms with Crippen molar-refractivity contribution in [2.75, 3.05) is 17.5 Å². The minimum absolute atomic E-state index is 0.0315. The van der Waals surface area contributed by atoms with Gasteiger partial charge >= 0.3 is 0 Å². The number of carbonyl (C=O) groups excluding carboxylic acids is 1. The summed E-state index contributed by atoms with van der Waals surface area (Å²) in [6.07, 6.45) is 0.515. The zero-order chi connectivity index (χ0) is 19.2. The molecule has 0 bridgehead atoms. The van der Waals surface area contributed by atoms with E-state index in [1.54, 1.807) is 61.3 Å². The highest BCUT2D eigenvalue weighted by Crippen LogP contribution is 2.15. The average molecular weight is 371 g/mol. The number of amides is 1. The molecule has 0 radical (unpaired) electrons. The second-order valence-corrected chi connectivity index (χ2v) is 7.81. The molecule has 0 aliphatic carbocycles. The van der Waals surface area contributed by atoms with E-state index < -0.39 is 10.0 Å². The third-order valence-electron chi connectivity index (χ3n) is 3.71. The van der Waals surface area contributed by atoms with Crippen LogP contribution in [0.15, 0.2) is 48.5 Å². The molecule has 0 aliphatic heterocycles. The highest BCUT2D eigenvalue weighted by atomic mass is 32.2. The van der Waals surface area contributed by atoms with Gasteiger partial charge in [0.2, 0.25) is 10.0 Å². The number of hydrogen-bond acceptors (Lipinski definition) is 4. The van der Waals surface area contributed by atoms with Gasteiger partial charge in [0.15, 0.2) is 0 Å². The summed E-state index contributed by atoms with van der Waals surface area (Å²) in [5.74, 6) is -0.185. The highest BCUT2D eigenvalue weighted by Gasteiger charge is 2.14. The van der Waals surface area contributed by atoms with Crippen LogP contribution in [-0.2, 0) is 16.6 Å². The molecule has 6 nitrogen and oxygen atoms in total. The minimum Gasteiger partial charge on any atom is -0.337 e. The maximum atomic E-state index is 12.6. The van der Waals surface area contributed by atoms with Gasteiger partial charge in [0, 0.05) is 24.8 Å². The zero-order valence-electron chi connectivity index (χ0n) is 14.8. The second kappa shape index (κ2) is 8.50. The molecule has 136 valence electrons. The number of rotatable bonds is 7. The Morgan fingerprint density at radius 2 is 1.88 bits per heavy atom. The van der Waals surface area contributed by atoms with Crippen molar-refractivity contribution in [1.29, 1.82) is 5.26 Å². The Balaban J connectivity index is 2.10. The Bertz CT molecular complexity index is 916. The van der Waals surface area contributed by atoms with Crippen LogP contribution in [0.3, 0.4) is 0 Å². The summed E-state index contributed by atoms with van der Waals surface area (Å²) in [6, 6.07) is 15.5. The summed E-state index contributed by atoms with van der Waals surface area (Å²) in [5.41, 5.74) is 2.24. The fourth-order valence-corrected chi connectivity index (χ4v) is 3.59. The number of nitrogens with zero attached hydrogens (tertiary/aromatic N) is 2. The molecule has 1 N–H and O–H groups in total. The minimum atomic E-state index is -3.40. The molecule has 0 saturated heterocycles. The van der Waals surface area contributed by atoms with Gasteiger partial charge in [-0.1, -0.05) is 25.1 Å². The number of hydrogen-bond donors (Lipinski definition) is 1. The average Bonchev–Trinajstić information content (AvgIpc) is 2.61. The Hall–Kier alpha value is -2.85. The molecule has 0 aromatic heterocycles. The lowest BCUT2D eigenvalue weighted by Gasteiger charge is -2.18. The topological polar surface area (TPSA) is 90.3 Å². The van der Waals surface area contributed by atoms with Crippen LogP contribution in [0.2, 0.25) is 0 Å². The third kappa shape index (κ3) is 5.33. The van der Waals surface area contributed by atoms with Crippen LogP contribution in [0.25, 0.3) is 0 Å². The number of sulfonamides is 1. The summed E-state index contributed by atoms with van der Waals surface area (Å²) in [5, 5.41) is 8.82. The van der Waals surface area contributed by atoms with E-state index in [2.05, 4.69) is 10.8 Å². The number of carbonyl (C=O) groups is 1. The normalized spacial score (nSPS) is 10.8. The molecule has 1 amide bonds. The van der Waals surface area contributed by atoms with Crippen LogP contribution < -0.4 is 4.72 Å². The molecule has 0 unspecified atom stereocenters. The monoisotopic (exact) mass is 371 g/mol. The van der Waals surface area contributed by atoms with E-state index in [0.29, 0.717) is 29.8 Å². The first kappa shape index (κ1) is 19.5. The van der Waals surface area contributed by atoms with E-state index in [-0.39, 0.29) is 11.7 Å². The van der Waals surface area contributed by atoms with Gasteiger partial charge < -0.3 is 4.90 Å². The maximum absolute atomic E-state index is 12.6. The van der Waals surface area contributed by atoms with E-state index in [1.165, 1.54) is 6.07 Å². The van der Waals surface area contributed by atoms with E-state index >= 15 is 0 Å². The molecule has 0 spiro atoms. The number of anilines is 1. The second-order valence-electron chi connectivity index (χ2n) is 5.97. The predicted octanol–water partition coefficient (Wildman–Crippen LogP) is 2.98. The van der Waals surface area contributed by atoms with Gasteiger partial charge in [-0.05, 0) is 42.3 Å². The van der Waals surface area contributed by atoms with Crippen molar-refractivity contribution in [2.45, 2.75) is 19.9 Å². The smallest absolute Gasteiger partial charge is 0.253 e. The van der Waals surface area contributed by atoms with Gasteiger partial charge in [0.1, 0.15) is 0 Å². The Morgan fingerprint density at radius 3 is 2.50 bits per heavy atom. The van der Waals surface area contributed by atoms with Gasteiger partial charge in [-0.15, -0.1) is 0 Å². The van der Waals surface area contributed by atoms with Crippen molar-refractivity contribution >= 4 is 21.6 Å². The van der Waals surface area contributed by atoms with E-state index in [1.807, 2.05) is 0 Å². The summed E-state index contributed by atoms with van der Waals surface area (Å²) in [7, 11) is -1.73. The van der Waals surface area contributed by atoms with E-state index in [9.17, 15) is 13.2 Å². The van der Waals surface area contributed by atoms with E-state index in [4.69, 9.17) is 5.26 Å². The summed E-state index contributed by atoms with van der Waals surface area (Å²) in [4.78, 5) is 14.2. The Morgan fingerprint density at radius 1 is 1.19 bits per heavy atom. The number of nitrogens with one attached hydrogen (secondary N) is 1. The van der Waals surface area contributed by atoms with Crippen LogP contribution in [0.1, 0.15) is 34.8 Å². The molecule has 0 heterocycles. The zero-order valence-corrected chi connectivity index (χ0v) is 15.6. The largest absolute Gasteiger partial charge is 0.337 e. The lowest BCUT2D eigenvalue weighted by atomic mass is 10.1. The van der Waals surface area contributed by atoms with Crippen molar-refractivity contribution in [3.63, 3.8) is 0 Å². The molecule has 2 aromatic rings. The fourth-order valence-electron chi connectivity index (χ4n) is 2.47. The molecular formula is C19H21N3O3S. The maximum Gasteiger partial charge on any atom is 0.253 e. The predicted molar refractivity (Wildman–Crippen MR) is 101 cm³/mol. The highest BCUT2D eigenvalue weighted by molar-refractivity contribution is 7.92. The molecule has 0 aliphatic rings. The van der Waals surface area contributed by atoms with E-state index in [0.717, 1.165) is 5.56 Å². The molecule has 0 saturated carbocycles. The van der Waals surface area contributed by atoms with Crippen LogP contribution >= 0.6 is 0 Å². The molecule has 0 atom stereocenters. The SMILES string of the molecule is CCCS(=O)(=O)Nc1cccc(C(=O)N(C)Cc2ccc(C#N)cc2)c1. The van der Waals surface area contributed by atoms with Crippen molar-refractivity contribution in [2.24, 2.45) is 0 Å². The number of benzene rings is 2. The molecular weight excluding hydrogens is 350 g/mol. The number of nitriles is 1. The quantitative estimate of drug-likeness (QED) is 0.810. The first-order chi connectivity index (χ1) is 12.3. The van der Waals surface area contributed by atoms with Crippen molar-refractivity contribution in [3.05, 3.63) is 65.2 Å². The first-order valence-electron chi connectivity index (χ1n) is 8.19. The summed E-state index contributed by atoms with van der Waals surface area (Å²) >= 11 is 0. The van der Waals surface area contributed by atoms with Crippen LogP contribution in [-0.4, -0.2) is 32.0 Å². The molecule has 0 fully saturated rings. The van der Waals surface area contributed by atoms with Gasteiger partial charge in [0.05, 0.1) is 17.4 Å². The van der Waals surface area contributed by atoms with Crippen LogP contribution in [0, 0.1) is 11.3 Å². The van der Waals surface area contributed by atoms with Crippen molar-refractivity contribution in [1.82, 2.24) is 4.90 Å².